The molecule has 1 amide bonds. The minimum atomic E-state index is 0.0514. The van der Waals surface area contributed by atoms with Gasteiger partial charge in [-0.1, -0.05) is 20.8 Å². The van der Waals surface area contributed by atoms with Gasteiger partial charge in [-0.15, -0.1) is 0 Å². The van der Waals surface area contributed by atoms with Gasteiger partial charge in [-0.05, 0) is 31.6 Å². The van der Waals surface area contributed by atoms with E-state index in [1.54, 1.807) is 0 Å². The molecule has 15 heavy (non-hydrogen) atoms. The summed E-state index contributed by atoms with van der Waals surface area (Å²) in [5.74, 6) is 0.734. The first-order valence-corrected chi connectivity index (χ1v) is 6.23. The van der Waals surface area contributed by atoms with Crippen molar-refractivity contribution in [3.8, 4) is 0 Å². The summed E-state index contributed by atoms with van der Waals surface area (Å²) < 4.78 is 0. The molecule has 1 N–H and O–H groups in total. The molecule has 2 atom stereocenters. The van der Waals surface area contributed by atoms with Crippen LogP contribution in [-0.4, -0.2) is 29.1 Å². The van der Waals surface area contributed by atoms with E-state index in [1.807, 2.05) is 0 Å². The van der Waals surface area contributed by atoms with Crippen molar-refractivity contribution in [3.63, 3.8) is 0 Å². The van der Waals surface area contributed by atoms with Crippen LogP contribution in [0.5, 0.6) is 0 Å². The van der Waals surface area contributed by atoms with Crippen LogP contribution in [0.2, 0.25) is 0 Å². The summed E-state index contributed by atoms with van der Waals surface area (Å²) in [7, 11) is 0. The number of carbonyl (C=O) groups excluding carboxylic acids is 1. The van der Waals surface area contributed by atoms with Crippen LogP contribution in [0.15, 0.2) is 0 Å². The highest BCUT2D eigenvalue weighted by Gasteiger charge is 2.43. The zero-order valence-corrected chi connectivity index (χ0v) is 9.99. The fourth-order valence-corrected chi connectivity index (χ4v) is 2.56. The predicted octanol–water partition coefficient (Wildman–Crippen LogP) is 1.73. The summed E-state index contributed by atoms with van der Waals surface area (Å²) in [6.07, 6.45) is 5.00. The average molecular weight is 210 g/mol. The van der Waals surface area contributed by atoms with Gasteiger partial charge < -0.3 is 4.90 Å². The molecule has 0 aromatic carbocycles. The Morgan fingerprint density at radius 3 is 2.53 bits per heavy atom. The lowest BCUT2D eigenvalue weighted by molar-refractivity contribution is -0.134. The predicted molar refractivity (Wildman–Crippen MR) is 60.3 cm³/mol. The molecule has 1 aliphatic carbocycles. The maximum atomic E-state index is 12.2. The highest BCUT2D eigenvalue weighted by atomic mass is 16.2. The van der Waals surface area contributed by atoms with Gasteiger partial charge in [0.15, 0.2) is 0 Å². The molecule has 2 fully saturated rings. The lowest BCUT2D eigenvalue weighted by Gasteiger charge is -2.38. The summed E-state index contributed by atoms with van der Waals surface area (Å²) in [6.45, 7) is 6.39. The van der Waals surface area contributed by atoms with Gasteiger partial charge in [-0.2, -0.15) is 0 Å². The lowest BCUT2D eigenvalue weighted by Crippen LogP contribution is -2.47. The van der Waals surface area contributed by atoms with Crippen LogP contribution in [0.25, 0.3) is 0 Å². The molecule has 0 spiro atoms. The van der Waals surface area contributed by atoms with Crippen molar-refractivity contribution in [2.75, 3.05) is 0 Å². The lowest BCUT2D eigenvalue weighted by atomic mass is 9.90. The molecule has 2 unspecified atom stereocenters. The fourth-order valence-electron chi connectivity index (χ4n) is 2.56. The van der Waals surface area contributed by atoms with Crippen molar-refractivity contribution in [3.05, 3.63) is 0 Å². The van der Waals surface area contributed by atoms with Crippen molar-refractivity contribution in [1.82, 2.24) is 10.2 Å². The van der Waals surface area contributed by atoms with Gasteiger partial charge in [0, 0.05) is 6.04 Å². The first-order valence-electron chi connectivity index (χ1n) is 6.23. The number of amides is 1. The SMILES string of the molecule is CCC1NC(C(C)C)C(=O)N1C1CCC1. The highest BCUT2D eigenvalue weighted by Crippen LogP contribution is 2.31. The number of hydrogen-bond donors (Lipinski definition) is 1. The Kier molecular flexibility index (Phi) is 3.01. The van der Waals surface area contributed by atoms with E-state index in [9.17, 15) is 4.79 Å². The molecule has 1 heterocycles. The van der Waals surface area contributed by atoms with E-state index in [2.05, 4.69) is 31.0 Å². The smallest absolute Gasteiger partial charge is 0.241 e. The number of nitrogens with zero attached hydrogens (tertiary/aromatic N) is 1. The van der Waals surface area contributed by atoms with Gasteiger partial charge in [0.2, 0.25) is 5.91 Å². The second-order valence-electron chi connectivity index (χ2n) is 5.14. The van der Waals surface area contributed by atoms with Gasteiger partial charge in [-0.25, -0.2) is 0 Å². The van der Waals surface area contributed by atoms with Gasteiger partial charge in [0.05, 0.1) is 12.2 Å². The van der Waals surface area contributed by atoms with Gasteiger partial charge in [0.1, 0.15) is 0 Å². The Balaban J connectivity index is 2.10. The first-order chi connectivity index (χ1) is 7.15. The van der Waals surface area contributed by atoms with Crippen LogP contribution >= 0.6 is 0 Å². The molecule has 1 saturated carbocycles. The van der Waals surface area contributed by atoms with Crippen molar-refractivity contribution in [2.24, 2.45) is 5.92 Å². The summed E-state index contributed by atoms with van der Waals surface area (Å²) in [5, 5.41) is 3.47. The van der Waals surface area contributed by atoms with Gasteiger partial charge >= 0.3 is 0 Å². The summed E-state index contributed by atoms with van der Waals surface area (Å²) in [5.41, 5.74) is 0. The average Bonchev–Trinajstić information content (AvgIpc) is 2.42. The third-order valence-electron chi connectivity index (χ3n) is 3.75. The molecule has 0 radical (unpaired) electrons. The number of carbonyl (C=O) groups is 1. The summed E-state index contributed by atoms with van der Waals surface area (Å²) in [6, 6.07) is 0.578. The van der Waals surface area contributed by atoms with E-state index >= 15 is 0 Å². The zero-order chi connectivity index (χ0) is 11.0. The Morgan fingerprint density at radius 1 is 1.47 bits per heavy atom. The van der Waals surface area contributed by atoms with E-state index in [4.69, 9.17) is 0 Å². The van der Waals surface area contributed by atoms with E-state index in [0.717, 1.165) is 6.42 Å². The van der Waals surface area contributed by atoms with Crippen LogP contribution in [0, 0.1) is 5.92 Å². The standard InChI is InChI=1S/C12H22N2O/c1-4-10-13-11(8(2)3)12(15)14(10)9-6-5-7-9/h8-11,13H,4-7H2,1-3H3. The van der Waals surface area contributed by atoms with Crippen LogP contribution in [-0.2, 0) is 4.79 Å². The maximum Gasteiger partial charge on any atom is 0.241 e. The summed E-state index contributed by atoms with van der Waals surface area (Å²) in [4.78, 5) is 14.3. The van der Waals surface area contributed by atoms with Crippen LogP contribution < -0.4 is 5.32 Å². The molecule has 1 aliphatic heterocycles. The number of rotatable bonds is 3. The molecular weight excluding hydrogens is 188 g/mol. The Bertz CT molecular complexity index is 248. The molecule has 1 saturated heterocycles. The fraction of sp³-hybridized carbons (Fsp3) is 0.917. The largest absolute Gasteiger partial charge is 0.323 e. The first kappa shape index (κ1) is 10.9. The Hall–Kier alpha value is -0.570. The van der Waals surface area contributed by atoms with Gasteiger partial charge in [0.25, 0.3) is 0 Å². The molecule has 2 rings (SSSR count). The molecular formula is C12H22N2O. The van der Waals surface area contributed by atoms with E-state index in [0.29, 0.717) is 17.9 Å². The van der Waals surface area contributed by atoms with E-state index in [-0.39, 0.29) is 12.2 Å². The Labute approximate surface area is 92.2 Å². The third-order valence-corrected chi connectivity index (χ3v) is 3.75. The molecule has 0 bridgehead atoms. The molecule has 3 heteroatoms. The topological polar surface area (TPSA) is 32.3 Å². The van der Waals surface area contributed by atoms with E-state index < -0.39 is 0 Å². The van der Waals surface area contributed by atoms with Crippen LogP contribution in [0.4, 0.5) is 0 Å². The minimum absolute atomic E-state index is 0.0514. The molecule has 86 valence electrons. The minimum Gasteiger partial charge on any atom is -0.323 e. The molecule has 0 aromatic rings. The molecule has 3 nitrogen and oxygen atoms in total. The van der Waals surface area contributed by atoms with Crippen LogP contribution in [0.3, 0.4) is 0 Å². The monoisotopic (exact) mass is 210 g/mol. The zero-order valence-electron chi connectivity index (χ0n) is 9.99. The highest BCUT2D eigenvalue weighted by molar-refractivity contribution is 5.85. The second kappa shape index (κ2) is 4.12. The third kappa shape index (κ3) is 1.78. The number of hydrogen-bond acceptors (Lipinski definition) is 2. The Morgan fingerprint density at radius 2 is 2.13 bits per heavy atom. The number of nitrogens with one attached hydrogen (secondary N) is 1. The van der Waals surface area contributed by atoms with Gasteiger partial charge in [-0.3, -0.25) is 10.1 Å². The normalized spacial score (nSPS) is 32.5. The van der Waals surface area contributed by atoms with E-state index in [1.165, 1.54) is 19.3 Å². The van der Waals surface area contributed by atoms with Crippen molar-refractivity contribution >= 4 is 5.91 Å². The van der Waals surface area contributed by atoms with Crippen LogP contribution in [0.1, 0.15) is 46.5 Å². The molecule has 2 aliphatic rings. The maximum absolute atomic E-state index is 12.2. The van der Waals surface area contributed by atoms with Crippen molar-refractivity contribution < 1.29 is 4.79 Å². The summed E-state index contributed by atoms with van der Waals surface area (Å²) >= 11 is 0. The van der Waals surface area contributed by atoms with Crippen molar-refractivity contribution in [2.45, 2.75) is 64.7 Å². The molecule has 0 aromatic heterocycles. The van der Waals surface area contributed by atoms with Crippen molar-refractivity contribution in [1.29, 1.82) is 0 Å². The quantitative estimate of drug-likeness (QED) is 0.769. The second-order valence-corrected chi connectivity index (χ2v) is 5.14.